The van der Waals surface area contributed by atoms with Crippen LogP contribution in [0.4, 0.5) is 10.5 Å². The number of carbonyl (C=O) groups excluding carboxylic acids is 3. The van der Waals surface area contributed by atoms with Crippen LogP contribution in [0.5, 0.6) is 0 Å². The Labute approximate surface area is 152 Å². The van der Waals surface area contributed by atoms with E-state index in [1.165, 1.54) is 11.9 Å². The van der Waals surface area contributed by atoms with E-state index in [2.05, 4.69) is 10.3 Å². The number of nitrogens with zero attached hydrogens (tertiary/aromatic N) is 4. The molecular formula is C17H15N5O3S. The van der Waals surface area contributed by atoms with Gasteiger partial charge in [0.05, 0.1) is 5.69 Å². The fraction of sp³-hybridized carbons (Fsp3) is 0.176. The Bertz CT molecular complexity index is 979. The number of thiazole rings is 1. The van der Waals surface area contributed by atoms with Gasteiger partial charge in [0.25, 0.3) is 5.91 Å². The van der Waals surface area contributed by atoms with E-state index in [9.17, 15) is 14.4 Å². The summed E-state index contributed by atoms with van der Waals surface area (Å²) < 4.78 is 1.96. The van der Waals surface area contributed by atoms with E-state index in [0.717, 1.165) is 21.1 Å². The number of anilines is 1. The third-order valence-corrected chi connectivity index (χ3v) is 4.86. The molecule has 0 radical (unpaired) electrons. The van der Waals surface area contributed by atoms with E-state index in [-0.39, 0.29) is 19.0 Å². The van der Waals surface area contributed by atoms with E-state index in [4.69, 9.17) is 0 Å². The van der Waals surface area contributed by atoms with Crippen LogP contribution >= 0.6 is 11.3 Å². The molecule has 1 N–H and O–H groups in total. The molecule has 0 spiro atoms. The number of imide groups is 1. The van der Waals surface area contributed by atoms with Crippen molar-refractivity contribution in [3.8, 4) is 11.3 Å². The third kappa shape index (κ3) is 2.93. The van der Waals surface area contributed by atoms with E-state index >= 15 is 0 Å². The molecule has 9 heteroatoms. The minimum Gasteiger partial charge on any atom is -0.325 e. The predicted octanol–water partition coefficient (Wildman–Crippen LogP) is 1.90. The Kier molecular flexibility index (Phi) is 3.92. The summed E-state index contributed by atoms with van der Waals surface area (Å²) in [5, 5.41) is 4.67. The van der Waals surface area contributed by atoms with Crippen molar-refractivity contribution in [1.82, 2.24) is 19.2 Å². The molecule has 26 heavy (non-hydrogen) atoms. The highest BCUT2D eigenvalue weighted by Gasteiger charge is 2.34. The molecule has 1 aromatic carbocycles. The molecule has 2 aromatic heterocycles. The predicted molar refractivity (Wildman–Crippen MR) is 96.9 cm³/mol. The first-order valence-electron chi connectivity index (χ1n) is 7.89. The van der Waals surface area contributed by atoms with E-state index in [0.29, 0.717) is 5.69 Å². The lowest BCUT2D eigenvalue weighted by atomic mass is 10.1. The number of fused-ring (bicyclic) bond motifs is 1. The van der Waals surface area contributed by atoms with Crippen LogP contribution in [0.2, 0.25) is 0 Å². The maximum absolute atomic E-state index is 12.1. The molecule has 1 fully saturated rings. The average molecular weight is 369 g/mol. The topological polar surface area (TPSA) is 87.0 Å². The maximum atomic E-state index is 12.1. The zero-order chi connectivity index (χ0) is 18.3. The zero-order valence-electron chi connectivity index (χ0n) is 13.9. The molecule has 3 heterocycles. The van der Waals surface area contributed by atoms with Crippen LogP contribution in [0.3, 0.4) is 0 Å². The van der Waals surface area contributed by atoms with Crippen LogP contribution in [0.15, 0.2) is 42.0 Å². The average Bonchev–Trinajstić information content (AvgIpc) is 3.26. The van der Waals surface area contributed by atoms with E-state index in [1.807, 2.05) is 34.3 Å². The van der Waals surface area contributed by atoms with Gasteiger partial charge in [-0.1, -0.05) is 12.1 Å². The highest BCUT2D eigenvalue weighted by atomic mass is 32.1. The number of urea groups is 1. The highest BCUT2D eigenvalue weighted by molar-refractivity contribution is 7.15. The normalized spacial score (nSPS) is 14.5. The lowest BCUT2D eigenvalue weighted by molar-refractivity contribution is -0.129. The van der Waals surface area contributed by atoms with Gasteiger partial charge in [0, 0.05) is 36.1 Å². The Hall–Kier alpha value is -3.20. The van der Waals surface area contributed by atoms with Gasteiger partial charge in [0.2, 0.25) is 5.91 Å². The van der Waals surface area contributed by atoms with Crippen LogP contribution in [-0.4, -0.2) is 57.2 Å². The van der Waals surface area contributed by atoms with E-state index < -0.39 is 11.9 Å². The molecule has 1 aliphatic heterocycles. The van der Waals surface area contributed by atoms with Gasteiger partial charge in [-0.3, -0.25) is 18.9 Å². The van der Waals surface area contributed by atoms with Crippen molar-refractivity contribution < 1.29 is 14.4 Å². The maximum Gasteiger partial charge on any atom is 0.327 e. The molecule has 0 saturated carbocycles. The summed E-state index contributed by atoms with van der Waals surface area (Å²) in [6.07, 6.45) is 3.89. The quantitative estimate of drug-likeness (QED) is 0.712. The summed E-state index contributed by atoms with van der Waals surface area (Å²) in [7, 11) is 1.52. The van der Waals surface area contributed by atoms with Crippen molar-refractivity contribution in [2.24, 2.45) is 0 Å². The fourth-order valence-corrected chi connectivity index (χ4v) is 3.46. The van der Waals surface area contributed by atoms with Crippen LogP contribution in [0, 0.1) is 0 Å². The van der Waals surface area contributed by atoms with Gasteiger partial charge in [-0.2, -0.15) is 0 Å². The number of imidazole rings is 1. The molecule has 0 bridgehead atoms. The number of likely N-dealkylation sites (N-methyl/N-ethyl adjacent to an activating group) is 1. The molecule has 1 saturated heterocycles. The molecule has 4 rings (SSSR count). The standard InChI is InChI=1S/C17H15N5O3S/c1-20-10-15(24)22(17(20)25)9-14(23)18-12-4-2-11(3-5-12)13-8-21-6-7-26-16(21)19-13/h2-8H,9-10H2,1H3,(H,18,23). The largest absolute Gasteiger partial charge is 0.327 e. The molecule has 0 atom stereocenters. The van der Waals surface area contributed by atoms with Crippen molar-refractivity contribution in [2.45, 2.75) is 0 Å². The zero-order valence-corrected chi connectivity index (χ0v) is 14.7. The number of rotatable bonds is 4. The summed E-state index contributed by atoms with van der Waals surface area (Å²) >= 11 is 1.56. The van der Waals surface area contributed by atoms with E-state index in [1.54, 1.807) is 23.5 Å². The van der Waals surface area contributed by atoms with Gasteiger partial charge in [-0.25, -0.2) is 9.78 Å². The number of carbonyl (C=O) groups is 3. The summed E-state index contributed by atoms with van der Waals surface area (Å²) in [6, 6.07) is 6.80. The first kappa shape index (κ1) is 16.3. The molecular weight excluding hydrogens is 354 g/mol. The third-order valence-electron chi connectivity index (χ3n) is 4.09. The summed E-state index contributed by atoms with van der Waals surface area (Å²) in [5.41, 5.74) is 2.38. The smallest absolute Gasteiger partial charge is 0.325 e. The summed E-state index contributed by atoms with van der Waals surface area (Å²) in [6.45, 7) is -0.288. The second kappa shape index (κ2) is 6.26. The molecule has 1 aliphatic rings. The highest BCUT2D eigenvalue weighted by Crippen LogP contribution is 2.23. The summed E-state index contributed by atoms with van der Waals surface area (Å²) in [5.74, 6) is -0.792. The number of nitrogens with one attached hydrogen (secondary N) is 1. The Morgan fingerprint density at radius 2 is 2.04 bits per heavy atom. The molecule has 0 unspecified atom stereocenters. The Balaban J connectivity index is 1.42. The van der Waals surface area contributed by atoms with Crippen molar-refractivity contribution in [3.05, 3.63) is 42.0 Å². The van der Waals surface area contributed by atoms with Gasteiger partial charge in [0.1, 0.15) is 13.1 Å². The fourth-order valence-electron chi connectivity index (χ4n) is 2.76. The summed E-state index contributed by atoms with van der Waals surface area (Å²) in [4.78, 5) is 43.3. The Morgan fingerprint density at radius 3 is 2.69 bits per heavy atom. The van der Waals surface area contributed by atoms with Gasteiger partial charge in [-0.15, -0.1) is 11.3 Å². The second-order valence-electron chi connectivity index (χ2n) is 5.96. The molecule has 4 amide bonds. The number of hydrogen-bond donors (Lipinski definition) is 1. The van der Waals surface area contributed by atoms with Gasteiger partial charge >= 0.3 is 6.03 Å². The van der Waals surface area contributed by atoms with Crippen molar-refractivity contribution in [2.75, 3.05) is 25.5 Å². The first-order valence-corrected chi connectivity index (χ1v) is 8.77. The number of aromatic nitrogens is 2. The van der Waals surface area contributed by atoms with Crippen LogP contribution in [-0.2, 0) is 9.59 Å². The minimum absolute atomic E-state index is 0.00290. The Morgan fingerprint density at radius 1 is 1.27 bits per heavy atom. The van der Waals surface area contributed by atoms with Crippen molar-refractivity contribution >= 4 is 39.8 Å². The van der Waals surface area contributed by atoms with Crippen LogP contribution in [0.1, 0.15) is 0 Å². The second-order valence-corrected chi connectivity index (χ2v) is 6.84. The first-order chi connectivity index (χ1) is 12.5. The molecule has 132 valence electrons. The van der Waals surface area contributed by atoms with Gasteiger partial charge in [0.15, 0.2) is 4.96 Å². The lowest BCUT2D eigenvalue weighted by Gasteiger charge is -2.14. The lowest BCUT2D eigenvalue weighted by Crippen LogP contribution is -2.38. The minimum atomic E-state index is -0.458. The molecule has 0 aliphatic carbocycles. The SMILES string of the molecule is CN1CC(=O)N(CC(=O)Nc2ccc(-c3cn4ccsc4n3)cc2)C1=O. The number of hydrogen-bond acceptors (Lipinski definition) is 5. The van der Waals surface area contributed by atoms with Gasteiger partial charge in [-0.05, 0) is 12.1 Å². The van der Waals surface area contributed by atoms with Crippen molar-refractivity contribution in [1.29, 1.82) is 0 Å². The molecule has 8 nitrogen and oxygen atoms in total. The molecule has 3 aromatic rings. The van der Waals surface area contributed by atoms with Crippen LogP contribution in [0.25, 0.3) is 16.2 Å². The monoisotopic (exact) mass is 369 g/mol. The number of benzene rings is 1. The van der Waals surface area contributed by atoms with Crippen molar-refractivity contribution in [3.63, 3.8) is 0 Å². The van der Waals surface area contributed by atoms with Crippen LogP contribution < -0.4 is 5.32 Å². The van der Waals surface area contributed by atoms with Gasteiger partial charge < -0.3 is 10.2 Å². The number of amides is 4.